The van der Waals surface area contributed by atoms with E-state index in [9.17, 15) is 0 Å². The predicted octanol–water partition coefficient (Wildman–Crippen LogP) is 0.867. The largest absolute Gasteiger partial charge is 0.492 e. The fraction of sp³-hybridized carbons (Fsp3) is 0.571. The number of unbranched alkanes of at least 4 members (excludes halogenated alkanes) is 1. The van der Waals surface area contributed by atoms with Gasteiger partial charge in [-0.05, 0) is 37.1 Å². The van der Waals surface area contributed by atoms with Gasteiger partial charge in [-0.1, -0.05) is 32.4 Å². The highest BCUT2D eigenvalue weighted by atomic mass is 16.5. The first-order valence-electron chi connectivity index (χ1n) is 6.98. The van der Waals surface area contributed by atoms with Crippen LogP contribution < -0.4 is 10.2 Å². The summed E-state index contributed by atoms with van der Waals surface area (Å²) in [7, 11) is -1.42. The Bertz CT molecular complexity index is 343. The van der Waals surface area contributed by atoms with Gasteiger partial charge in [0.15, 0.2) is 0 Å². The van der Waals surface area contributed by atoms with Gasteiger partial charge in [0.25, 0.3) is 0 Å². The first kappa shape index (κ1) is 16.0. The molecule has 0 aliphatic heterocycles. The lowest BCUT2D eigenvalue weighted by molar-refractivity contribution is 0.213. The van der Waals surface area contributed by atoms with Gasteiger partial charge in [0, 0.05) is 6.54 Å². The number of hydrogen-bond donors (Lipinski definition) is 2. The summed E-state index contributed by atoms with van der Waals surface area (Å²) in [4.78, 5) is 2.37. The molecule has 1 rings (SSSR count). The molecule has 0 aliphatic carbocycles. The molecule has 0 unspecified atom stereocenters. The maximum Gasteiger partial charge on any atom is 0.488 e. The molecule has 0 heterocycles. The molecule has 0 aliphatic rings. The van der Waals surface area contributed by atoms with Crippen molar-refractivity contribution in [2.45, 2.75) is 26.7 Å². The lowest BCUT2D eigenvalue weighted by Crippen LogP contribution is -2.30. The second-order valence-electron chi connectivity index (χ2n) is 4.58. The van der Waals surface area contributed by atoms with Crippen LogP contribution >= 0.6 is 0 Å². The Morgan fingerprint density at radius 1 is 1.11 bits per heavy atom. The molecule has 19 heavy (non-hydrogen) atoms. The minimum Gasteiger partial charge on any atom is -0.492 e. The summed E-state index contributed by atoms with van der Waals surface area (Å²) in [6.45, 7) is 8.08. The fourth-order valence-corrected chi connectivity index (χ4v) is 1.84. The average Bonchev–Trinajstić information content (AvgIpc) is 2.43. The second-order valence-corrected chi connectivity index (χ2v) is 4.58. The molecule has 4 nitrogen and oxygen atoms in total. The smallest absolute Gasteiger partial charge is 0.488 e. The standard InChI is InChI=1S/C14H24BNO3/c1-3-5-10-16(4-2)11-12-19-14-8-6-13(7-9-14)15(17)18/h6-9,17-18H,3-5,10-12H2,1-2H3. The Balaban J connectivity index is 2.31. The third-order valence-corrected chi connectivity index (χ3v) is 3.13. The van der Waals surface area contributed by atoms with Gasteiger partial charge in [-0.15, -0.1) is 0 Å². The van der Waals surface area contributed by atoms with E-state index >= 15 is 0 Å². The predicted molar refractivity (Wildman–Crippen MR) is 78.8 cm³/mol. The molecule has 2 N–H and O–H groups in total. The van der Waals surface area contributed by atoms with Crippen molar-refractivity contribution in [3.05, 3.63) is 24.3 Å². The van der Waals surface area contributed by atoms with Crippen LogP contribution in [-0.4, -0.2) is 48.3 Å². The van der Waals surface area contributed by atoms with Crippen LogP contribution in [0.25, 0.3) is 0 Å². The van der Waals surface area contributed by atoms with Crippen molar-refractivity contribution in [2.75, 3.05) is 26.2 Å². The van der Waals surface area contributed by atoms with Gasteiger partial charge >= 0.3 is 7.12 Å². The molecule has 0 atom stereocenters. The summed E-state index contributed by atoms with van der Waals surface area (Å²) in [6, 6.07) is 6.84. The zero-order chi connectivity index (χ0) is 14.1. The van der Waals surface area contributed by atoms with Gasteiger partial charge in [0.2, 0.25) is 0 Å². The maximum atomic E-state index is 8.99. The molecule has 1 aromatic carbocycles. The summed E-state index contributed by atoms with van der Waals surface area (Å²) >= 11 is 0. The lowest BCUT2D eigenvalue weighted by atomic mass is 9.80. The molecular formula is C14H24BNO3. The second kappa shape index (κ2) is 8.96. The highest BCUT2D eigenvalue weighted by Gasteiger charge is 2.10. The minimum absolute atomic E-state index is 0.477. The maximum absolute atomic E-state index is 8.99. The quantitative estimate of drug-likeness (QED) is 0.650. The SMILES string of the molecule is CCCCN(CC)CCOc1ccc(B(O)O)cc1. The van der Waals surface area contributed by atoms with Crippen LogP contribution in [0, 0.1) is 0 Å². The molecule has 0 saturated carbocycles. The fourth-order valence-electron chi connectivity index (χ4n) is 1.84. The van der Waals surface area contributed by atoms with Crippen molar-refractivity contribution >= 4 is 12.6 Å². The Kier molecular flexibility index (Phi) is 7.56. The third kappa shape index (κ3) is 6.10. The van der Waals surface area contributed by atoms with E-state index < -0.39 is 7.12 Å². The first-order chi connectivity index (χ1) is 9.17. The normalized spacial score (nSPS) is 10.8. The van der Waals surface area contributed by atoms with Gasteiger partial charge in [0.05, 0.1) is 0 Å². The molecule has 0 spiro atoms. The van der Waals surface area contributed by atoms with Crippen molar-refractivity contribution in [3.63, 3.8) is 0 Å². The van der Waals surface area contributed by atoms with Crippen LogP contribution in [0.2, 0.25) is 0 Å². The van der Waals surface area contributed by atoms with Crippen molar-refractivity contribution < 1.29 is 14.8 Å². The zero-order valence-corrected chi connectivity index (χ0v) is 11.9. The van der Waals surface area contributed by atoms with E-state index in [-0.39, 0.29) is 0 Å². The Morgan fingerprint density at radius 3 is 2.32 bits per heavy atom. The Morgan fingerprint density at radius 2 is 1.79 bits per heavy atom. The van der Waals surface area contributed by atoms with Crippen molar-refractivity contribution in [3.8, 4) is 5.75 Å². The van der Waals surface area contributed by atoms with E-state index in [2.05, 4.69) is 18.7 Å². The molecule has 0 radical (unpaired) electrons. The first-order valence-corrected chi connectivity index (χ1v) is 6.98. The van der Waals surface area contributed by atoms with Crippen LogP contribution in [0.4, 0.5) is 0 Å². The van der Waals surface area contributed by atoms with Crippen LogP contribution in [0.3, 0.4) is 0 Å². The van der Waals surface area contributed by atoms with E-state index in [0.717, 1.165) is 25.4 Å². The van der Waals surface area contributed by atoms with Gasteiger partial charge in [-0.3, -0.25) is 0 Å². The summed E-state index contributed by atoms with van der Waals surface area (Å²) in [5.41, 5.74) is 0.477. The summed E-state index contributed by atoms with van der Waals surface area (Å²) in [5, 5.41) is 18.0. The molecule has 0 bridgehead atoms. The topological polar surface area (TPSA) is 52.9 Å². The zero-order valence-electron chi connectivity index (χ0n) is 11.9. The molecule has 0 amide bonds. The van der Waals surface area contributed by atoms with Crippen LogP contribution in [-0.2, 0) is 0 Å². The van der Waals surface area contributed by atoms with Crippen molar-refractivity contribution in [1.29, 1.82) is 0 Å². The van der Waals surface area contributed by atoms with E-state index in [0.29, 0.717) is 12.1 Å². The van der Waals surface area contributed by atoms with Gasteiger partial charge in [0.1, 0.15) is 12.4 Å². The number of hydrogen-bond acceptors (Lipinski definition) is 4. The molecule has 5 heteroatoms. The van der Waals surface area contributed by atoms with Crippen LogP contribution in [0.15, 0.2) is 24.3 Å². The van der Waals surface area contributed by atoms with Crippen molar-refractivity contribution in [1.82, 2.24) is 4.90 Å². The van der Waals surface area contributed by atoms with Gasteiger partial charge in [-0.25, -0.2) is 0 Å². The molecule has 1 aromatic rings. The van der Waals surface area contributed by atoms with E-state index in [1.165, 1.54) is 12.8 Å². The van der Waals surface area contributed by atoms with Gasteiger partial charge in [-0.2, -0.15) is 0 Å². The van der Waals surface area contributed by atoms with E-state index in [4.69, 9.17) is 14.8 Å². The third-order valence-electron chi connectivity index (χ3n) is 3.13. The summed E-state index contributed by atoms with van der Waals surface area (Å²) < 4.78 is 5.65. The van der Waals surface area contributed by atoms with E-state index in [1.807, 2.05) is 0 Å². The highest BCUT2D eigenvalue weighted by molar-refractivity contribution is 6.58. The number of benzene rings is 1. The highest BCUT2D eigenvalue weighted by Crippen LogP contribution is 2.07. The van der Waals surface area contributed by atoms with Crippen molar-refractivity contribution in [2.24, 2.45) is 0 Å². The monoisotopic (exact) mass is 265 g/mol. The lowest BCUT2D eigenvalue weighted by Gasteiger charge is -2.20. The number of nitrogens with zero attached hydrogens (tertiary/aromatic N) is 1. The average molecular weight is 265 g/mol. The molecule has 0 saturated heterocycles. The minimum atomic E-state index is -1.42. The van der Waals surface area contributed by atoms with Crippen LogP contribution in [0.1, 0.15) is 26.7 Å². The number of likely N-dealkylation sites (N-methyl/N-ethyl adjacent to an activating group) is 1. The van der Waals surface area contributed by atoms with E-state index in [1.54, 1.807) is 24.3 Å². The Hall–Kier alpha value is -1.04. The van der Waals surface area contributed by atoms with Gasteiger partial charge < -0.3 is 19.7 Å². The van der Waals surface area contributed by atoms with Crippen LogP contribution in [0.5, 0.6) is 5.75 Å². The number of rotatable bonds is 9. The Labute approximate surface area is 116 Å². The molecule has 106 valence electrons. The summed E-state index contributed by atoms with van der Waals surface area (Å²) in [5.74, 6) is 0.760. The number of ether oxygens (including phenoxy) is 1. The molecular weight excluding hydrogens is 241 g/mol. The molecule has 0 fully saturated rings. The molecule has 0 aromatic heterocycles. The summed E-state index contributed by atoms with van der Waals surface area (Å²) in [6.07, 6.45) is 2.43.